The Morgan fingerprint density at radius 1 is 0.914 bits per heavy atom. The van der Waals surface area contributed by atoms with Crippen molar-refractivity contribution >= 4 is 46.6 Å². The van der Waals surface area contributed by atoms with Gasteiger partial charge in [-0.3, -0.25) is 9.59 Å². The maximum absolute atomic E-state index is 13.0. The van der Waals surface area contributed by atoms with Crippen LogP contribution in [-0.2, 0) is 4.79 Å². The number of carbonyl (C=O) groups is 2. The van der Waals surface area contributed by atoms with Gasteiger partial charge in [-0.1, -0.05) is 24.6 Å². The molecule has 3 aromatic carbocycles. The Morgan fingerprint density at radius 3 is 2.26 bits per heavy atom. The van der Waals surface area contributed by atoms with E-state index in [2.05, 4.69) is 10.6 Å². The molecule has 0 aliphatic rings. The molecule has 184 valence electrons. The lowest BCUT2D eigenvalue weighted by Gasteiger charge is -2.18. The Morgan fingerprint density at radius 2 is 1.63 bits per heavy atom. The summed E-state index contributed by atoms with van der Waals surface area (Å²) in [5.41, 5.74) is 1.61. The maximum atomic E-state index is 13.0. The number of anilines is 2. The number of ether oxygens (including phenoxy) is 3. The molecule has 3 aromatic rings. The highest BCUT2D eigenvalue weighted by Crippen LogP contribution is 2.37. The molecule has 0 radical (unpaired) electrons. The topological polar surface area (TPSA) is 85.9 Å². The van der Waals surface area contributed by atoms with Gasteiger partial charge in [0.05, 0.1) is 37.3 Å². The minimum Gasteiger partial charge on any atom is -0.497 e. The van der Waals surface area contributed by atoms with Crippen molar-refractivity contribution in [1.29, 1.82) is 0 Å². The molecule has 2 N–H and O–H groups in total. The van der Waals surface area contributed by atoms with E-state index in [-0.39, 0.29) is 17.1 Å². The molecule has 0 bridgehead atoms. The second kappa shape index (κ2) is 12.4. The Kier molecular flexibility index (Phi) is 9.28. The van der Waals surface area contributed by atoms with Gasteiger partial charge in [0, 0.05) is 22.2 Å². The Hall–Kier alpha value is -3.36. The number of nitrogens with one attached hydrogen (secondary N) is 2. The van der Waals surface area contributed by atoms with Gasteiger partial charge >= 0.3 is 0 Å². The van der Waals surface area contributed by atoms with Crippen LogP contribution in [0.25, 0.3) is 0 Å². The zero-order valence-electron chi connectivity index (χ0n) is 19.9. The van der Waals surface area contributed by atoms with Crippen LogP contribution >= 0.6 is 23.4 Å². The highest BCUT2D eigenvalue weighted by Gasteiger charge is 2.21. The summed E-state index contributed by atoms with van der Waals surface area (Å²) >= 11 is 7.63. The Labute approximate surface area is 214 Å². The number of methoxy groups -OCH3 is 3. The van der Waals surface area contributed by atoms with Crippen molar-refractivity contribution in [1.82, 2.24) is 0 Å². The van der Waals surface area contributed by atoms with Crippen LogP contribution in [-0.4, -0.2) is 38.4 Å². The first kappa shape index (κ1) is 26.2. The lowest BCUT2D eigenvalue weighted by atomic mass is 10.2. The second-order valence-electron chi connectivity index (χ2n) is 7.40. The summed E-state index contributed by atoms with van der Waals surface area (Å²) < 4.78 is 15.7. The third kappa shape index (κ3) is 6.83. The highest BCUT2D eigenvalue weighted by molar-refractivity contribution is 8.00. The van der Waals surface area contributed by atoms with Gasteiger partial charge in [0.15, 0.2) is 0 Å². The molecule has 35 heavy (non-hydrogen) atoms. The van der Waals surface area contributed by atoms with E-state index < -0.39 is 0 Å². The van der Waals surface area contributed by atoms with E-state index in [0.29, 0.717) is 45.6 Å². The number of amides is 2. The van der Waals surface area contributed by atoms with E-state index in [9.17, 15) is 9.59 Å². The molecule has 1 atom stereocenters. The maximum Gasteiger partial charge on any atom is 0.255 e. The second-order valence-corrected chi connectivity index (χ2v) is 9.08. The average molecular weight is 515 g/mol. The third-order valence-electron chi connectivity index (χ3n) is 5.12. The average Bonchev–Trinajstić information content (AvgIpc) is 2.87. The van der Waals surface area contributed by atoms with Crippen molar-refractivity contribution in [3.05, 3.63) is 71.2 Å². The van der Waals surface area contributed by atoms with Crippen molar-refractivity contribution in [2.45, 2.75) is 23.5 Å². The van der Waals surface area contributed by atoms with Crippen LogP contribution < -0.4 is 24.8 Å². The molecule has 0 saturated heterocycles. The Balaban J connectivity index is 1.69. The van der Waals surface area contributed by atoms with E-state index in [1.807, 2.05) is 25.1 Å². The summed E-state index contributed by atoms with van der Waals surface area (Å²) in [5.74, 6) is 1.16. The van der Waals surface area contributed by atoms with Gasteiger partial charge in [-0.05, 0) is 55.0 Å². The van der Waals surface area contributed by atoms with Gasteiger partial charge in [-0.15, -0.1) is 11.8 Å². The van der Waals surface area contributed by atoms with Gasteiger partial charge in [0.1, 0.15) is 17.2 Å². The van der Waals surface area contributed by atoms with E-state index in [0.717, 1.165) is 4.90 Å². The molecule has 7 nitrogen and oxygen atoms in total. The molecule has 0 aromatic heterocycles. The van der Waals surface area contributed by atoms with Crippen molar-refractivity contribution < 1.29 is 23.8 Å². The number of benzene rings is 3. The third-order valence-corrected chi connectivity index (χ3v) is 6.77. The summed E-state index contributed by atoms with van der Waals surface area (Å²) in [5, 5.41) is 5.77. The number of carbonyl (C=O) groups excluding carboxylic acids is 2. The zero-order chi connectivity index (χ0) is 25.4. The summed E-state index contributed by atoms with van der Waals surface area (Å²) in [4.78, 5) is 26.5. The highest BCUT2D eigenvalue weighted by atomic mass is 35.5. The number of halogens is 1. The Bertz CT molecular complexity index is 1190. The summed E-state index contributed by atoms with van der Waals surface area (Å²) in [6.07, 6.45) is 0.588. The van der Waals surface area contributed by atoms with Gasteiger partial charge in [0.25, 0.3) is 5.91 Å². The molecule has 0 aliphatic carbocycles. The molecular weight excluding hydrogens is 488 g/mol. The van der Waals surface area contributed by atoms with Crippen LogP contribution in [0.15, 0.2) is 65.6 Å². The molecule has 0 fully saturated rings. The van der Waals surface area contributed by atoms with Gasteiger partial charge < -0.3 is 24.8 Å². The number of rotatable bonds is 10. The normalized spacial score (nSPS) is 11.3. The lowest BCUT2D eigenvalue weighted by molar-refractivity contribution is -0.115. The molecule has 0 heterocycles. The van der Waals surface area contributed by atoms with Gasteiger partial charge in [0.2, 0.25) is 5.91 Å². The molecule has 0 spiro atoms. The SMILES string of the molecule is CCC(Sc1cccc(NC(=O)c2ccc(OC)cc2)c1)C(=O)Nc1cc(Cl)c(OC)cc1OC. The first-order chi connectivity index (χ1) is 16.9. The fourth-order valence-electron chi connectivity index (χ4n) is 3.25. The van der Waals surface area contributed by atoms with Crippen LogP contribution in [0.3, 0.4) is 0 Å². The molecule has 0 saturated carbocycles. The van der Waals surface area contributed by atoms with Crippen molar-refractivity contribution in [3.63, 3.8) is 0 Å². The van der Waals surface area contributed by atoms with Crippen molar-refractivity contribution in [2.75, 3.05) is 32.0 Å². The van der Waals surface area contributed by atoms with Crippen molar-refractivity contribution in [2.24, 2.45) is 0 Å². The first-order valence-electron chi connectivity index (χ1n) is 10.8. The van der Waals surface area contributed by atoms with E-state index in [1.54, 1.807) is 49.6 Å². The molecular formula is C26H27ClN2O5S. The molecule has 3 rings (SSSR count). The van der Waals surface area contributed by atoms with E-state index in [1.165, 1.54) is 26.0 Å². The van der Waals surface area contributed by atoms with Crippen LogP contribution in [0.4, 0.5) is 11.4 Å². The minimum absolute atomic E-state index is 0.190. The summed E-state index contributed by atoms with van der Waals surface area (Å²) in [6.45, 7) is 1.94. The van der Waals surface area contributed by atoms with Crippen LogP contribution in [0, 0.1) is 0 Å². The molecule has 0 aliphatic heterocycles. The predicted octanol–water partition coefficient (Wildman–Crippen LogP) is 6.13. The van der Waals surface area contributed by atoms with E-state index >= 15 is 0 Å². The van der Waals surface area contributed by atoms with Crippen LogP contribution in [0.1, 0.15) is 23.7 Å². The molecule has 2 amide bonds. The van der Waals surface area contributed by atoms with E-state index in [4.69, 9.17) is 25.8 Å². The molecule has 9 heteroatoms. The zero-order valence-corrected chi connectivity index (χ0v) is 21.5. The fourth-order valence-corrected chi connectivity index (χ4v) is 4.50. The summed E-state index contributed by atoms with van der Waals surface area (Å²) in [7, 11) is 4.59. The fraction of sp³-hybridized carbons (Fsp3) is 0.231. The number of hydrogen-bond donors (Lipinski definition) is 2. The summed E-state index contributed by atoms with van der Waals surface area (Å²) in [6, 6.07) is 17.5. The predicted molar refractivity (Wildman–Crippen MR) is 141 cm³/mol. The van der Waals surface area contributed by atoms with Crippen molar-refractivity contribution in [3.8, 4) is 17.2 Å². The number of hydrogen-bond acceptors (Lipinski definition) is 6. The quantitative estimate of drug-likeness (QED) is 0.317. The van der Waals surface area contributed by atoms with Gasteiger partial charge in [-0.2, -0.15) is 0 Å². The monoisotopic (exact) mass is 514 g/mol. The van der Waals surface area contributed by atoms with Crippen LogP contribution in [0.5, 0.6) is 17.2 Å². The van der Waals surface area contributed by atoms with Gasteiger partial charge in [-0.25, -0.2) is 0 Å². The minimum atomic E-state index is -0.381. The smallest absolute Gasteiger partial charge is 0.255 e. The first-order valence-corrected chi connectivity index (χ1v) is 12.1. The number of thioether (sulfide) groups is 1. The lowest BCUT2D eigenvalue weighted by Crippen LogP contribution is -2.24. The largest absolute Gasteiger partial charge is 0.497 e. The molecule has 1 unspecified atom stereocenters. The standard InChI is InChI=1S/C26H27ClN2O5S/c1-5-24(26(31)29-21-14-20(27)22(33-3)15-23(21)34-4)35-19-8-6-7-17(13-19)28-25(30)16-9-11-18(32-2)12-10-16/h6-15,24H,5H2,1-4H3,(H,28,30)(H,29,31). The van der Waals surface area contributed by atoms with Crippen LogP contribution in [0.2, 0.25) is 5.02 Å².